The number of halogens is 4. The van der Waals surface area contributed by atoms with E-state index in [0.29, 0.717) is 19.0 Å². The van der Waals surface area contributed by atoms with Gasteiger partial charge in [0.1, 0.15) is 5.69 Å². The first-order chi connectivity index (χ1) is 8.65. The molecule has 0 unspecified atom stereocenters. The second-order valence-electron chi connectivity index (χ2n) is 4.65. The van der Waals surface area contributed by atoms with Gasteiger partial charge in [-0.25, -0.2) is 0 Å². The second-order valence-corrected chi connectivity index (χ2v) is 5.06. The summed E-state index contributed by atoms with van der Waals surface area (Å²) in [4.78, 5) is 15.9. The van der Waals surface area contributed by atoms with Gasteiger partial charge in [-0.3, -0.25) is 9.78 Å². The molecule has 1 aromatic heterocycles. The number of nitrogens with zero attached hydrogens (tertiary/aromatic N) is 1. The average Bonchev–Trinajstić information content (AvgIpc) is 2.35. The lowest BCUT2D eigenvalue weighted by molar-refractivity contribution is -0.137. The van der Waals surface area contributed by atoms with Crippen molar-refractivity contribution in [2.45, 2.75) is 39.8 Å². The molecule has 0 aliphatic heterocycles. The number of ketones is 1. The van der Waals surface area contributed by atoms with E-state index in [2.05, 4.69) is 4.98 Å². The van der Waals surface area contributed by atoms with Crippen molar-refractivity contribution in [1.82, 2.24) is 4.98 Å². The quantitative estimate of drug-likeness (QED) is 0.749. The molecule has 0 bridgehead atoms. The fraction of sp³-hybridized carbons (Fsp3) is 0.538. The van der Waals surface area contributed by atoms with Crippen LogP contribution >= 0.6 is 11.6 Å². The summed E-state index contributed by atoms with van der Waals surface area (Å²) in [6, 6.07) is 0.744. The predicted octanol–water partition coefficient (Wildman–Crippen LogP) is 4.76. The topological polar surface area (TPSA) is 30.0 Å². The summed E-state index contributed by atoms with van der Waals surface area (Å²) >= 11 is 5.77. The fourth-order valence-electron chi connectivity index (χ4n) is 1.62. The van der Waals surface area contributed by atoms with Crippen LogP contribution < -0.4 is 0 Å². The predicted molar refractivity (Wildman–Crippen MR) is 67.3 cm³/mol. The Hall–Kier alpha value is -1.10. The third kappa shape index (κ3) is 3.26. The highest BCUT2D eigenvalue weighted by molar-refractivity contribution is 6.33. The standard InChI is InChI=1S/C13H15ClF3NO/c1-4-12(3,5-2)11(19)10-9(14)6-8(7-18-10)13(15,16)17/h6-7H,4-5H2,1-3H3. The van der Waals surface area contributed by atoms with Crippen molar-refractivity contribution < 1.29 is 18.0 Å². The molecule has 19 heavy (non-hydrogen) atoms. The van der Waals surface area contributed by atoms with Crippen molar-refractivity contribution in [2.24, 2.45) is 5.41 Å². The van der Waals surface area contributed by atoms with E-state index in [1.54, 1.807) is 6.92 Å². The molecule has 0 atom stereocenters. The van der Waals surface area contributed by atoms with Gasteiger partial charge in [0.2, 0.25) is 0 Å². The van der Waals surface area contributed by atoms with Crippen LogP contribution in [0.2, 0.25) is 5.02 Å². The molecule has 0 aliphatic rings. The number of pyridine rings is 1. The van der Waals surface area contributed by atoms with Crippen LogP contribution in [-0.2, 0) is 6.18 Å². The van der Waals surface area contributed by atoms with E-state index in [4.69, 9.17) is 11.6 Å². The Morgan fingerprint density at radius 2 is 1.84 bits per heavy atom. The molecule has 0 N–H and O–H groups in total. The molecule has 0 aromatic carbocycles. The van der Waals surface area contributed by atoms with Crippen molar-refractivity contribution in [2.75, 3.05) is 0 Å². The lowest BCUT2D eigenvalue weighted by Crippen LogP contribution is -2.27. The van der Waals surface area contributed by atoms with Gasteiger partial charge in [0.25, 0.3) is 0 Å². The smallest absolute Gasteiger partial charge is 0.292 e. The lowest BCUT2D eigenvalue weighted by atomic mass is 9.79. The van der Waals surface area contributed by atoms with Gasteiger partial charge in [0, 0.05) is 11.6 Å². The number of hydrogen-bond donors (Lipinski definition) is 0. The molecule has 0 spiro atoms. The molecule has 1 heterocycles. The summed E-state index contributed by atoms with van der Waals surface area (Å²) < 4.78 is 37.5. The summed E-state index contributed by atoms with van der Waals surface area (Å²) in [6.45, 7) is 5.45. The van der Waals surface area contributed by atoms with Crippen molar-refractivity contribution >= 4 is 17.4 Å². The van der Waals surface area contributed by atoms with Gasteiger partial charge in [0.15, 0.2) is 5.78 Å². The Balaban J connectivity index is 3.21. The minimum Gasteiger partial charge on any atom is -0.292 e. The molecule has 0 saturated carbocycles. The summed E-state index contributed by atoms with van der Waals surface area (Å²) in [7, 11) is 0. The van der Waals surface area contributed by atoms with E-state index in [0.717, 1.165) is 6.07 Å². The molecule has 1 rings (SSSR count). The number of aromatic nitrogens is 1. The first kappa shape index (κ1) is 16.0. The minimum absolute atomic E-state index is 0.0964. The van der Waals surface area contributed by atoms with E-state index in [9.17, 15) is 18.0 Å². The minimum atomic E-state index is -4.52. The summed E-state index contributed by atoms with van der Waals surface area (Å²) in [5, 5.41) is -0.257. The van der Waals surface area contributed by atoms with Gasteiger partial charge >= 0.3 is 6.18 Å². The number of alkyl halides is 3. The first-order valence-electron chi connectivity index (χ1n) is 5.93. The fourth-order valence-corrected chi connectivity index (χ4v) is 1.87. The van der Waals surface area contributed by atoms with Gasteiger partial charge in [0.05, 0.1) is 10.6 Å². The zero-order chi connectivity index (χ0) is 14.8. The first-order valence-corrected chi connectivity index (χ1v) is 6.31. The van der Waals surface area contributed by atoms with Crippen LogP contribution in [0.5, 0.6) is 0 Å². The number of Topliss-reactive ketones (excluding diaryl/α,β-unsaturated/α-hetero) is 1. The molecule has 0 saturated heterocycles. The number of carbonyl (C=O) groups excluding carboxylic acids is 1. The van der Waals surface area contributed by atoms with E-state index in [1.807, 2.05) is 13.8 Å². The van der Waals surface area contributed by atoms with Crippen molar-refractivity contribution in [3.63, 3.8) is 0 Å². The Bertz CT molecular complexity index is 481. The number of rotatable bonds is 4. The van der Waals surface area contributed by atoms with Crippen molar-refractivity contribution in [3.8, 4) is 0 Å². The van der Waals surface area contributed by atoms with Crippen molar-refractivity contribution in [3.05, 3.63) is 28.5 Å². The largest absolute Gasteiger partial charge is 0.417 e. The second kappa shape index (κ2) is 5.49. The molecule has 0 amide bonds. The van der Waals surface area contributed by atoms with Crippen LogP contribution in [0.4, 0.5) is 13.2 Å². The third-order valence-electron chi connectivity index (χ3n) is 3.49. The Labute approximate surface area is 115 Å². The summed E-state index contributed by atoms with van der Waals surface area (Å²) in [6.07, 6.45) is -2.73. The van der Waals surface area contributed by atoms with Gasteiger partial charge < -0.3 is 0 Å². The molecule has 0 fully saturated rings. The van der Waals surface area contributed by atoms with Crippen LogP contribution in [0.1, 0.15) is 49.7 Å². The van der Waals surface area contributed by atoms with Crippen LogP contribution in [0, 0.1) is 5.41 Å². The van der Waals surface area contributed by atoms with Crippen molar-refractivity contribution in [1.29, 1.82) is 0 Å². The summed E-state index contributed by atoms with van der Waals surface area (Å²) in [5.41, 5.74) is -1.71. The SMILES string of the molecule is CCC(C)(CC)C(=O)c1ncc(C(F)(F)F)cc1Cl. The monoisotopic (exact) mass is 293 g/mol. The zero-order valence-corrected chi connectivity index (χ0v) is 11.7. The Kier molecular flexibility index (Phi) is 4.61. The van der Waals surface area contributed by atoms with Crippen LogP contribution in [-0.4, -0.2) is 10.8 Å². The number of hydrogen-bond acceptors (Lipinski definition) is 2. The Morgan fingerprint density at radius 1 is 1.32 bits per heavy atom. The molecular formula is C13H15ClF3NO. The molecule has 6 heteroatoms. The highest BCUT2D eigenvalue weighted by Crippen LogP contribution is 2.35. The van der Waals surface area contributed by atoms with Crippen LogP contribution in [0.25, 0.3) is 0 Å². The summed E-state index contributed by atoms with van der Waals surface area (Å²) in [5.74, 6) is -0.323. The molecule has 0 radical (unpaired) electrons. The third-order valence-corrected chi connectivity index (χ3v) is 3.78. The molecule has 2 nitrogen and oxygen atoms in total. The van der Waals surface area contributed by atoms with Gasteiger partial charge in [-0.05, 0) is 18.9 Å². The molecular weight excluding hydrogens is 279 g/mol. The highest BCUT2D eigenvalue weighted by Gasteiger charge is 2.35. The normalized spacial score (nSPS) is 12.6. The van der Waals surface area contributed by atoms with E-state index in [-0.39, 0.29) is 16.5 Å². The number of carbonyl (C=O) groups is 1. The molecule has 0 aliphatic carbocycles. The highest BCUT2D eigenvalue weighted by atomic mass is 35.5. The van der Waals surface area contributed by atoms with Gasteiger partial charge in [-0.1, -0.05) is 32.4 Å². The lowest BCUT2D eigenvalue weighted by Gasteiger charge is -2.24. The maximum atomic E-state index is 12.5. The van der Waals surface area contributed by atoms with E-state index < -0.39 is 17.2 Å². The molecule has 106 valence electrons. The zero-order valence-electron chi connectivity index (χ0n) is 10.9. The van der Waals surface area contributed by atoms with Crippen LogP contribution in [0.3, 0.4) is 0 Å². The average molecular weight is 294 g/mol. The molecule has 1 aromatic rings. The van der Waals surface area contributed by atoms with Crippen LogP contribution in [0.15, 0.2) is 12.3 Å². The van der Waals surface area contributed by atoms with E-state index >= 15 is 0 Å². The Morgan fingerprint density at radius 3 is 2.21 bits per heavy atom. The van der Waals surface area contributed by atoms with Gasteiger partial charge in [-0.2, -0.15) is 13.2 Å². The maximum Gasteiger partial charge on any atom is 0.417 e. The van der Waals surface area contributed by atoms with E-state index in [1.165, 1.54) is 0 Å². The maximum absolute atomic E-state index is 12.5. The van der Waals surface area contributed by atoms with Gasteiger partial charge in [-0.15, -0.1) is 0 Å².